The van der Waals surface area contributed by atoms with Gasteiger partial charge in [0.2, 0.25) is 11.8 Å². The van der Waals surface area contributed by atoms with E-state index in [0.717, 1.165) is 27.7 Å². The summed E-state index contributed by atoms with van der Waals surface area (Å²) in [6, 6.07) is 12.8. The number of imide groups is 2. The average Bonchev–Trinajstić information content (AvgIpc) is 3.97. The predicted octanol–water partition coefficient (Wildman–Crippen LogP) is 3.38. The molecule has 1 fully saturated rings. The topological polar surface area (TPSA) is 232 Å². The van der Waals surface area contributed by atoms with Crippen LogP contribution >= 0.6 is 0 Å². The number of hydrogen-bond donors (Lipinski definition) is 2. The quantitative estimate of drug-likeness (QED) is 0.0707. The molecule has 0 aliphatic carbocycles. The van der Waals surface area contributed by atoms with Crippen LogP contribution in [0.2, 0.25) is 0 Å². The molecule has 0 spiro atoms. The lowest BCUT2D eigenvalue weighted by molar-refractivity contribution is -0.136. The number of benzene rings is 2. The molecule has 0 bridgehead atoms. The number of amides is 4. The van der Waals surface area contributed by atoms with Crippen LogP contribution in [-0.2, 0) is 53.0 Å². The van der Waals surface area contributed by atoms with Crippen molar-refractivity contribution in [1.29, 1.82) is 0 Å². The molecule has 5 aromatic rings. The minimum absolute atomic E-state index is 0.0202. The van der Waals surface area contributed by atoms with Gasteiger partial charge in [-0.2, -0.15) is 0 Å². The number of imidazole rings is 1. The van der Waals surface area contributed by atoms with Crippen molar-refractivity contribution in [3.8, 4) is 11.4 Å². The number of aromatic nitrogens is 7. The zero-order valence-electron chi connectivity index (χ0n) is 36.1. The Bertz CT molecular complexity index is 2580. The Morgan fingerprint density at radius 2 is 1.66 bits per heavy atom. The van der Waals surface area contributed by atoms with Crippen molar-refractivity contribution in [3.05, 3.63) is 101 Å². The van der Waals surface area contributed by atoms with Crippen molar-refractivity contribution in [2.75, 3.05) is 57.3 Å². The Morgan fingerprint density at radius 1 is 0.906 bits per heavy atom. The summed E-state index contributed by atoms with van der Waals surface area (Å²) in [6.07, 6.45) is 6.82. The third-order valence-corrected chi connectivity index (χ3v) is 12.6. The summed E-state index contributed by atoms with van der Waals surface area (Å²) in [5.74, 6) is -0.682. The standard InChI is InChI=1S/C44H52N10O9S/c1-29(2)53-30(3)47-27-38(53)35-15-16-46-39(48-35)26-31-9-11-33(12-10-31)64(59,60)25-5-6-32-28-52(51-50-32)18-20-62-22-24-63-23-21-61-19-17-45-36-8-4-7-34-41(36)44(58)54(43(34)57)37-13-14-40(55)49-42(37)56/h4,7-12,15-16,27-29,37,45H,5-6,13-14,17-26H2,1-3H3,(H,49,55,56). The van der Waals surface area contributed by atoms with Gasteiger partial charge in [-0.15, -0.1) is 5.10 Å². The Balaban J connectivity index is 0.733. The highest BCUT2D eigenvalue weighted by Gasteiger charge is 2.45. The first kappa shape index (κ1) is 45.8. The molecule has 4 amide bonds. The molecule has 338 valence electrons. The maximum Gasteiger partial charge on any atom is 0.264 e. The third kappa shape index (κ3) is 11.1. The summed E-state index contributed by atoms with van der Waals surface area (Å²) < 4.78 is 46.9. The van der Waals surface area contributed by atoms with Gasteiger partial charge in [0.15, 0.2) is 9.84 Å². The normalized spacial score (nSPS) is 15.3. The van der Waals surface area contributed by atoms with Crippen LogP contribution in [0.25, 0.3) is 11.4 Å². The van der Waals surface area contributed by atoms with Crippen molar-refractivity contribution in [3.63, 3.8) is 0 Å². The van der Waals surface area contributed by atoms with Gasteiger partial charge in [-0.25, -0.2) is 28.1 Å². The van der Waals surface area contributed by atoms with Crippen LogP contribution in [0.4, 0.5) is 5.69 Å². The first-order valence-corrected chi connectivity index (χ1v) is 22.9. The molecule has 1 unspecified atom stereocenters. The van der Waals surface area contributed by atoms with Crippen molar-refractivity contribution >= 4 is 39.2 Å². The highest BCUT2D eigenvalue weighted by molar-refractivity contribution is 7.91. The number of aryl methyl sites for hydroxylation is 2. The molecule has 0 radical (unpaired) electrons. The van der Waals surface area contributed by atoms with Gasteiger partial charge in [0.05, 0.1) is 91.2 Å². The average molecular weight is 897 g/mol. The summed E-state index contributed by atoms with van der Waals surface area (Å²) in [5, 5.41) is 13.6. The second kappa shape index (κ2) is 21.0. The molecule has 0 saturated carbocycles. The lowest BCUT2D eigenvalue weighted by Gasteiger charge is -2.27. The van der Waals surface area contributed by atoms with Gasteiger partial charge in [0.1, 0.15) is 17.7 Å². The van der Waals surface area contributed by atoms with Gasteiger partial charge in [0.25, 0.3) is 11.8 Å². The summed E-state index contributed by atoms with van der Waals surface area (Å²) in [4.78, 5) is 65.0. The number of fused-ring (bicyclic) bond motifs is 1. The largest absolute Gasteiger partial charge is 0.382 e. The SMILES string of the molecule is Cc1ncc(-c2ccnc(Cc3ccc(S(=O)(=O)CCCc4cn(CCOCCOCCOCCNc5cccc6c5C(=O)N(C5CCC(=O)NC5=O)C6=O)nn4)cc3)n2)n1C(C)C. The highest BCUT2D eigenvalue weighted by Crippen LogP contribution is 2.32. The molecule has 3 aromatic heterocycles. The Morgan fingerprint density at radius 3 is 2.41 bits per heavy atom. The number of nitrogens with one attached hydrogen (secondary N) is 2. The van der Waals surface area contributed by atoms with E-state index in [1.807, 2.05) is 19.2 Å². The van der Waals surface area contributed by atoms with Crippen LogP contribution in [0.15, 0.2) is 72.0 Å². The van der Waals surface area contributed by atoms with Gasteiger partial charge >= 0.3 is 0 Å². The number of sulfone groups is 1. The van der Waals surface area contributed by atoms with E-state index < -0.39 is 39.5 Å². The van der Waals surface area contributed by atoms with Crippen LogP contribution in [0.5, 0.6) is 0 Å². The molecule has 5 heterocycles. The first-order valence-electron chi connectivity index (χ1n) is 21.3. The number of ether oxygens (including phenoxy) is 3. The maximum atomic E-state index is 13.2. The molecule has 64 heavy (non-hydrogen) atoms. The van der Waals surface area contributed by atoms with E-state index in [1.165, 1.54) is 0 Å². The van der Waals surface area contributed by atoms with Crippen molar-refractivity contribution in [2.24, 2.45) is 0 Å². The molecule has 1 atom stereocenters. The lowest BCUT2D eigenvalue weighted by atomic mass is 10.0. The minimum Gasteiger partial charge on any atom is -0.382 e. The first-order chi connectivity index (χ1) is 30.9. The van der Waals surface area contributed by atoms with E-state index in [-0.39, 0.29) is 40.7 Å². The van der Waals surface area contributed by atoms with Gasteiger partial charge in [-0.05, 0) is 75.9 Å². The van der Waals surface area contributed by atoms with Crippen LogP contribution in [0.1, 0.15) is 82.8 Å². The number of rotatable bonds is 23. The molecule has 2 N–H and O–H groups in total. The Labute approximate surface area is 370 Å². The number of piperidine rings is 1. The zero-order chi connectivity index (χ0) is 45.2. The number of anilines is 1. The van der Waals surface area contributed by atoms with Gasteiger partial charge in [0, 0.05) is 43.5 Å². The number of nitrogens with zero attached hydrogens (tertiary/aromatic N) is 8. The molecule has 7 rings (SSSR count). The second-order valence-electron chi connectivity index (χ2n) is 15.7. The summed E-state index contributed by atoms with van der Waals surface area (Å²) in [6.45, 7) is 9.14. The summed E-state index contributed by atoms with van der Waals surface area (Å²) in [5.41, 5.74) is 4.19. The molecule has 1 saturated heterocycles. The van der Waals surface area contributed by atoms with Crippen molar-refractivity contribution in [1.82, 2.24) is 44.7 Å². The lowest BCUT2D eigenvalue weighted by Crippen LogP contribution is -2.54. The van der Waals surface area contributed by atoms with E-state index >= 15 is 0 Å². The van der Waals surface area contributed by atoms with Crippen LogP contribution in [0, 0.1) is 6.92 Å². The fourth-order valence-electron chi connectivity index (χ4n) is 7.66. The number of carbonyl (C=O) groups is 4. The second-order valence-corrected chi connectivity index (χ2v) is 17.8. The predicted molar refractivity (Wildman–Crippen MR) is 232 cm³/mol. The zero-order valence-corrected chi connectivity index (χ0v) is 36.9. The molecular weight excluding hydrogens is 845 g/mol. The summed E-state index contributed by atoms with van der Waals surface area (Å²) in [7, 11) is -3.50. The number of hydrogen-bond acceptors (Lipinski definition) is 15. The Hall–Kier alpha value is -6.22. The molecular formula is C44H52N10O9S. The van der Waals surface area contributed by atoms with E-state index in [9.17, 15) is 27.6 Å². The fraction of sp³-hybridized carbons (Fsp3) is 0.432. The molecule has 19 nitrogen and oxygen atoms in total. The third-order valence-electron chi connectivity index (χ3n) is 10.8. The van der Waals surface area contributed by atoms with Crippen molar-refractivity contribution in [2.45, 2.75) is 76.4 Å². The number of carbonyl (C=O) groups excluding carboxylic acids is 4. The van der Waals surface area contributed by atoms with Gasteiger partial charge < -0.3 is 24.1 Å². The van der Waals surface area contributed by atoms with Crippen LogP contribution in [-0.4, -0.2) is 129 Å². The van der Waals surface area contributed by atoms with Gasteiger partial charge in [-0.3, -0.25) is 29.4 Å². The van der Waals surface area contributed by atoms with Crippen LogP contribution < -0.4 is 10.6 Å². The molecule has 2 aliphatic heterocycles. The fourth-order valence-corrected chi connectivity index (χ4v) is 8.97. The minimum atomic E-state index is -3.50. The molecule has 2 aliphatic rings. The maximum absolute atomic E-state index is 13.2. The Kier molecular flexibility index (Phi) is 15.0. The van der Waals surface area contributed by atoms with Crippen molar-refractivity contribution < 1.29 is 41.8 Å². The van der Waals surface area contributed by atoms with Gasteiger partial charge in [-0.1, -0.05) is 23.4 Å². The van der Waals surface area contributed by atoms with E-state index in [4.69, 9.17) is 19.2 Å². The summed E-state index contributed by atoms with van der Waals surface area (Å²) >= 11 is 0. The molecule has 20 heteroatoms. The van der Waals surface area contributed by atoms with E-state index in [0.29, 0.717) is 89.2 Å². The smallest absolute Gasteiger partial charge is 0.264 e. The van der Waals surface area contributed by atoms with Crippen LogP contribution in [0.3, 0.4) is 0 Å². The monoisotopic (exact) mass is 896 g/mol. The molecule has 2 aromatic carbocycles. The van der Waals surface area contributed by atoms with E-state index in [1.54, 1.807) is 59.5 Å². The van der Waals surface area contributed by atoms with E-state index in [2.05, 4.69) is 49.3 Å². The highest BCUT2D eigenvalue weighted by atomic mass is 32.2.